The van der Waals surface area contributed by atoms with Crippen LogP contribution in [0.3, 0.4) is 0 Å². The average molecular weight is 363 g/mol. The molecule has 0 aromatic rings. The van der Waals surface area contributed by atoms with Crippen LogP contribution in [-0.4, -0.2) is 53.6 Å². The topological polar surface area (TPSA) is 87.7 Å². The summed E-state index contributed by atoms with van der Waals surface area (Å²) < 4.78 is 5.29. The Morgan fingerprint density at radius 2 is 1.96 bits per heavy atom. The summed E-state index contributed by atoms with van der Waals surface area (Å²) in [7, 11) is 0. The number of carbonyl (C=O) groups is 3. The van der Waals surface area contributed by atoms with Crippen molar-refractivity contribution in [3.05, 3.63) is 12.7 Å². The molecule has 0 aromatic heterocycles. The highest BCUT2D eigenvalue weighted by Gasteiger charge is 2.50. The molecule has 7 heteroatoms. The SMILES string of the molecule is C=C[C@@H]1C[C@@]1(C)NC(=O)C1CCCN1C(=O)CNC(=O)OC1CCCC1. The van der Waals surface area contributed by atoms with Crippen molar-refractivity contribution in [3.8, 4) is 0 Å². The molecule has 2 N–H and O–H groups in total. The number of hydrogen-bond acceptors (Lipinski definition) is 4. The molecule has 2 saturated carbocycles. The van der Waals surface area contributed by atoms with Gasteiger partial charge in [0.25, 0.3) is 0 Å². The maximum absolute atomic E-state index is 12.6. The number of nitrogens with zero attached hydrogens (tertiary/aromatic N) is 1. The minimum absolute atomic E-state index is 0.0347. The maximum Gasteiger partial charge on any atom is 0.407 e. The van der Waals surface area contributed by atoms with E-state index < -0.39 is 12.1 Å². The molecule has 3 rings (SSSR count). The van der Waals surface area contributed by atoms with Crippen LogP contribution >= 0.6 is 0 Å². The fraction of sp³-hybridized carbons (Fsp3) is 0.737. The highest BCUT2D eigenvalue weighted by Crippen LogP contribution is 2.43. The lowest BCUT2D eigenvalue weighted by Gasteiger charge is -2.26. The molecule has 1 unspecified atom stereocenters. The second-order valence-electron chi connectivity index (χ2n) is 7.86. The summed E-state index contributed by atoms with van der Waals surface area (Å²) in [4.78, 5) is 38.4. The van der Waals surface area contributed by atoms with E-state index in [0.29, 0.717) is 18.9 Å². The van der Waals surface area contributed by atoms with E-state index in [1.807, 2.05) is 13.0 Å². The minimum atomic E-state index is -0.551. The van der Waals surface area contributed by atoms with Gasteiger partial charge in [0.2, 0.25) is 11.8 Å². The summed E-state index contributed by atoms with van der Waals surface area (Å²) in [6.07, 6.45) is 7.53. The number of amides is 3. The van der Waals surface area contributed by atoms with Gasteiger partial charge in [0, 0.05) is 18.0 Å². The molecule has 0 radical (unpaired) electrons. The first kappa shape index (κ1) is 18.7. The molecule has 3 amide bonds. The predicted octanol–water partition coefficient (Wildman–Crippen LogP) is 1.73. The summed E-state index contributed by atoms with van der Waals surface area (Å²) >= 11 is 0. The van der Waals surface area contributed by atoms with Crippen molar-refractivity contribution < 1.29 is 19.1 Å². The van der Waals surface area contributed by atoms with E-state index in [-0.39, 0.29) is 30.0 Å². The highest BCUT2D eigenvalue weighted by molar-refractivity contribution is 5.90. The van der Waals surface area contributed by atoms with Crippen LogP contribution in [0.1, 0.15) is 51.9 Å². The molecule has 0 spiro atoms. The van der Waals surface area contributed by atoms with Gasteiger partial charge in [0.05, 0.1) is 0 Å². The third-order valence-corrected chi connectivity index (χ3v) is 5.83. The average Bonchev–Trinajstić information content (AvgIpc) is 3.05. The van der Waals surface area contributed by atoms with Crippen LogP contribution in [0.15, 0.2) is 12.7 Å². The van der Waals surface area contributed by atoms with Crippen molar-refractivity contribution in [2.45, 2.75) is 69.6 Å². The van der Waals surface area contributed by atoms with Crippen LogP contribution in [0.2, 0.25) is 0 Å². The van der Waals surface area contributed by atoms with E-state index in [4.69, 9.17) is 4.74 Å². The summed E-state index contributed by atoms with van der Waals surface area (Å²) in [5.41, 5.74) is -0.237. The first-order chi connectivity index (χ1) is 12.4. The van der Waals surface area contributed by atoms with Gasteiger partial charge >= 0.3 is 6.09 Å². The van der Waals surface area contributed by atoms with Crippen LogP contribution in [-0.2, 0) is 14.3 Å². The van der Waals surface area contributed by atoms with Gasteiger partial charge < -0.3 is 20.3 Å². The Kier molecular flexibility index (Phi) is 5.53. The Balaban J connectivity index is 1.46. The third kappa shape index (κ3) is 4.19. The summed E-state index contributed by atoms with van der Waals surface area (Å²) in [5.74, 6) is -0.0625. The van der Waals surface area contributed by atoms with Crippen molar-refractivity contribution in [2.24, 2.45) is 5.92 Å². The number of likely N-dealkylation sites (tertiary alicyclic amines) is 1. The van der Waals surface area contributed by atoms with Crippen molar-refractivity contribution in [1.29, 1.82) is 0 Å². The van der Waals surface area contributed by atoms with Crippen LogP contribution in [0, 0.1) is 5.92 Å². The molecule has 1 heterocycles. The first-order valence-corrected chi connectivity index (χ1v) is 9.61. The molecule has 26 heavy (non-hydrogen) atoms. The molecular formula is C19H29N3O4. The maximum atomic E-state index is 12.6. The molecule has 0 aromatic carbocycles. The molecule has 1 aliphatic heterocycles. The van der Waals surface area contributed by atoms with E-state index in [2.05, 4.69) is 17.2 Å². The smallest absolute Gasteiger partial charge is 0.407 e. The van der Waals surface area contributed by atoms with E-state index >= 15 is 0 Å². The van der Waals surface area contributed by atoms with E-state index in [1.54, 1.807) is 4.90 Å². The second kappa shape index (κ2) is 7.68. The van der Waals surface area contributed by atoms with Crippen LogP contribution in [0.25, 0.3) is 0 Å². The Morgan fingerprint density at radius 3 is 2.62 bits per heavy atom. The second-order valence-corrected chi connectivity index (χ2v) is 7.86. The van der Waals surface area contributed by atoms with Crippen LogP contribution in [0.5, 0.6) is 0 Å². The van der Waals surface area contributed by atoms with Gasteiger partial charge in [-0.2, -0.15) is 0 Å². The molecule has 2 aliphatic carbocycles. The standard InChI is InChI=1S/C19H29N3O4/c1-3-13-11-19(13,2)21-17(24)15-9-6-10-22(15)16(23)12-20-18(25)26-14-7-4-5-8-14/h3,13-15H,1,4-12H2,2H3,(H,20,25)(H,21,24)/t13-,15?,19-/m1/s1. The number of rotatable bonds is 6. The van der Waals surface area contributed by atoms with Gasteiger partial charge in [-0.15, -0.1) is 6.58 Å². The molecule has 144 valence electrons. The zero-order chi connectivity index (χ0) is 18.7. The highest BCUT2D eigenvalue weighted by atomic mass is 16.6. The molecule has 0 bridgehead atoms. The zero-order valence-electron chi connectivity index (χ0n) is 15.5. The van der Waals surface area contributed by atoms with Gasteiger partial charge in [-0.1, -0.05) is 6.08 Å². The molecular weight excluding hydrogens is 334 g/mol. The van der Waals surface area contributed by atoms with E-state index in [1.165, 1.54) is 0 Å². The molecule has 3 atom stereocenters. The van der Waals surface area contributed by atoms with Gasteiger partial charge in [-0.25, -0.2) is 4.79 Å². The van der Waals surface area contributed by atoms with Crippen molar-refractivity contribution in [2.75, 3.05) is 13.1 Å². The summed E-state index contributed by atoms with van der Waals surface area (Å²) in [5, 5.41) is 5.58. The molecule has 3 fully saturated rings. The van der Waals surface area contributed by atoms with Crippen LogP contribution in [0.4, 0.5) is 4.79 Å². The van der Waals surface area contributed by atoms with Gasteiger partial charge in [-0.3, -0.25) is 9.59 Å². The minimum Gasteiger partial charge on any atom is -0.446 e. The normalized spacial score (nSPS) is 30.7. The number of nitrogens with one attached hydrogen (secondary N) is 2. The fourth-order valence-electron chi connectivity index (χ4n) is 4.04. The Bertz CT molecular complexity index is 587. The predicted molar refractivity (Wildman–Crippen MR) is 96.3 cm³/mol. The van der Waals surface area contributed by atoms with E-state index in [9.17, 15) is 14.4 Å². The van der Waals surface area contributed by atoms with Crippen molar-refractivity contribution in [1.82, 2.24) is 15.5 Å². The lowest BCUT2D eigenvalue weighted by atomic mass is 10.1. The number of hydrogen-bond donors (Lipinski definition) is 2. The van der Waals surface area contributed by atoms with E-state index in [0.717, 1.165) is 38.5 Å². The lowest BCUT2D eigenvalue weighted by molar-refractivity contribution is -0.138. The largest absolute Gasteiger partial charge is 0.446 e. The van der Waals surface area contributed by atoms with Crippen molar-refractivity contribution in [3.63, 3.8) is 0 Å². The Morgan fingerprint density at radius 1 is 1.23 bits per heavy atom. The van der Waals surface area contributed by atoms with Gasteiger partial charge in [0.1, 0.15) is 18.7 Å². The lowest BCUT2D eigenvalue weighted by Crippen LogP contribution is -2.51. The quantitative estimate of drug-likeness (QED) is 0.704. The molecule has 1 saturated heterocycles. The summed E-state index contributed by atoms with van der Waals surface area (Å²) in [6.45, 7) is 6.18. The van der Waals surface area contributed by atoms with Crippen molar-refractivity contribution >= 4 is 17.9 Å². The summed E-state index contributed by atoms with van der Waals surface area (Å²) in [6, 6.07) is -0.460. The van der Waals surface area contributed by atoms with Gasteiger partial charge in [0.15, 0.2) is 0 Å². The number of alkyl carbamates (subject to hydrolysis) is 1. The Hall–Kier alpha value is -2.05. The zero-order valence-corrected chi connectivity index (χ0v) is 15.5. The number of carbonyl (C=O) groups excluding carboxylic acids is 3. The van der Waals surface area contributed by atoms with Gasteiger partial charge in [-0.05, 0) is 51.9 Å². The fourth-order valence-corrected chi connectivity index (χ4v) is 4.04. The monoisotopic (exact) mass is 363 g/mol. The molecule has 7 nitrogen and oxygen atoms in total. The third-order valence-electron chi connectivity index (χ3n) is 5.83. The van der Waals surface area contributed by atoms with Crippen LogP contribution < -0.4 is 10.6 Å². The first-order valence-electron chi connectivity index (χ1n) is 9.61. The Labute approximate surface area is 154 Å². The number of ether oxygens (including phenoxy) is 1. The molecule has 3 aliphatic rings.